The molecule has 2 rings (SSSR count). The quantitative estimate of drug-likeness (QED) is 0.852. The van der Waals surface area contributed by atoms with E-state index >= 15 is 0 Å². The third kappa shape index (κ3) is 3.31. The maximum absolute atomic E-state index is 11.3. The number of benzene rings is 1. The van der Waals surface area contributed by atoms with Crippen LogP contribution in [-0.2, 0) is 10.0 Å². The first-order valence-corrected chi connectivity index (χ1v) is 7.78. The molecular formula is C13H20N2O2S. The van der Waals surface area contributed by atoms with Crippen LogP contribution in [0.15, 0.2) is 29.2 Å². The maximum atomic E-state index is 11.3. The fourth-order valence-corrected chi connectivity index (χ4v) is 2.66. The van der Waals surface area contributed by atoms with Gasteiger partial charge in [-0.3, -0.25) is 0 Å². The Kier molecular flexibility index (Phi) is 3.75. The molecule has 1 fully saturated rings. The van der Waals surface area contributed by atoms with E-state index in [0.29, 0.717) is 0 Å². The van der Waals surface area contributed by atoms with Gasteiger partial charge in [0.1, 0.15) is 0 Å². The lowest BCUT2D eigenvalue weighted by molar-refractivity contribution is 0.534. The summed E-state index contributed by atoms with van der Waals surface area (Å²) >= 11 is 0. The van der Waals surface area contributed by atoms with Gasteiger partial charge >= 0.3 is 0 Å². The van der Waals surface area contributed by atoms with Gasteiger partial charge in [-0.25, -0.2) is 13.6 Å². The summed E-state index contributed by atoms with van der Waals surface area (Å²) in [6.45, 7) is 5.27. The van der Waals surface area contributed by atoms with Crippen molar-refractivity contribution in [3.63, 3.8) is 0 Å². The van der Waals surface area contributed by atoms with Crippen molar-refractivity contribution in [1.29, 1.82) is 0 Å². The molecule has 1 aliphatic rings. The summed E-state index contributed by atoms with van der Waals surface area (Å²) in [5.74, 6) is 1.59. The van der Waals surface area contributed by atoms with E-state index in [1.807, 2.05) is 13.0 Å². The minimum atomic E-state index is -3.61. The van der Waals surface area contributed by atoms with Gasteiger partial charge in [0.05, 0.1) is 4.90 Å². The van der Waals surface area contributed by atoms with E-state index in [1.54, 1.807) is 12.1 Å². The standard InChI is InChI=1S/C13H20N2O2S/c1-9-6-12(9)8-15-10(2)11-4-3-5-13(7-11)18(14,16)17/h3-5,7,9-10,12,15H,6,8H2,1-2H3,(H2,14,16,17). The Balaban J connectivity index is 2.03. The molecule has 3 unspecified atom stereocenters. The molecule has 1 aromatic rings. The second-order valence-electron chi connectivity index (χ2n) is 5.22. The van der Waals surface area contributed by atoms with Crippen molar-refractivity contribution in [2.45, 2.75) is 31.2 Å². The molecule has 3 atom stereocenters. The Morgan fingerprint density at radius 1 is 1.50 bits per heavy atom. The zero-order valence-electron chi connectivity index (χ0n) is 10.8. The monoisotopic (exact) mass is 268 g/mol. The van der Waals surface area contributed by atoms with E-state index in [4.69, 9.17) is 5.14 Å². The van der Waals surface area contributed by atoms with Crippen LogP contribution >= 0.6 is 0 Å². The van der Waals surface area contributed by atoms with Gasteiger partial charge in [-0.1, -0.05) is 19.1 Å². The fourth-order valence-electron chi connectivity index (χ4n) is 2.09. The molecule has 0 aliphatic heterocycles. The molecule has 1 saturated carbocycles. The first kappa shape index (κ1) is 13.5. The molecule has 0 heterocycles. The van der Waals surface area contributed by atoms with Crippen molar-refractivity contribution < 1.29 is 8.42 Å². The number of nitrogens with one attached hydrogen (secondary N) is 1. The van der Waals surface area contributed by atoms with E-state index in [9.17, 15) is 8.42 Å². The summed E-state index contributed by atoms with van der Waals surface area (Å²) in [5.41, 5.74) is 0.954. The molecule has 100 valence electrons. The number of nitrogens with two attached hydrogens (primary N) is 1. The smallest absolute Gasteiger partial charge is 0.238 e. The first-order chi connectivity index (χ1) is 8.38. The van der Waals surface area contributed by atoms with Crippen molar-refractivity contribution in [3.05, 3.63) is 29.8 Å². The second kappa shape index (κ2) is 4.99. The van der Waals surface area contributed by atoms with Crippen molar-refractivity contribution in [2.24, 2.45) is 17.0 Å². The number of primary sulfonamides is 1. The van der Waals surface area contributed by atoms with Crippen LogP contribution in [0.4, 0.5) is 0 Å². The van der Waals surface area contributed by atoms with Gasteiger partial charge in [0, 0.05) is 6.04 Å². The van der Waals surface area contributed by atoms with Crippen LogP contribution in [0.1, 0.15) is 31.9 Å². The van der Waals surface area contributed by atoms with Crippen LogP contribution in [0.25, 0.3) is 0 Å². The van der Waals surface area contributed by atoms with Crippen LogP contribution in [0.5, 0.6) is 0 Å². The van der Waals surface area contributed by atoms with Crippen molar-refractivity contribution in [1.82, 2.24) is 5.32 Å². The second-order valence-corrected chi connectivity index (χ2v) is 6.78. The van der Waals surface area contributed by atoms with Gasteiger partial charge in [-0.05, 0) is 49.4 Å². The van der Waals surface area contributed by atoms with Crippen LogP contribution in [0.3, 0.4) is 0 Å². The first-order valence-electron chi connectivity index (χ1n) is 6.24. The Labute approximate surface area is 109 Å². The highest BCUT2D eigenvalue weighted by molar-refractivity contribution is 7.89. The van der Waals surface area contributed by atoms with Gasteiger partial charge in [0.2, 0.25) is 10.0 Å². The Hall–Kier alpha value is -0.910. The van der Waals surface area contributed by atoms with Gasteiger partial charge in [0.25, 0.3) is 0 Å². The van der Waals surface area contributed by atoms with E-state index in [0.717, 1.165) is 23.9 Å². The number of rotatable bonds is 5. The van der Waals surface area contributed by atoms with Crippen LogP contribution < -0.4 is 10.5 Å². The topological polar surface area (TPSA) is 72.2 Å². The summed E-state index contributed by atoms with van der Waals surface area (Å²) < 4.78 is 22.6. The molecule has 1 aliphatic carbocycles. The molecule has 5 heteroatoms. The molecule has 0 saturated heterocycles. The number of hydrogen-bond acceptors (Lipinski definition) is 3. The van der Waals surface area contributed by atoms with Gasteiger partial charge in [-0.2, -0.15) is 0 Å². The molecule has 4 nitrogen and oxygen atoms in total. The molecule has 3 N–H and O–H groups in total. The highest BCUT2D eigenvalue weighted by Gasteiger charge is 2.32. The molecule has 0 bridgehead atoms. The van der Waals surface area contributed by atoms with E-state index in [1.165, 1.54) is 12.5 Å². The molecule has 18 heavy (non-hydrogen) atoms. The molecule has 0 spiro atoms. The summed E-state index contributed by atoms with van der Waals surface area (Å²) in [6.07, 6.45) is 1.29. The van der Waals surface area contributed by atoms with E-state index < -0.39 is 10.0 Å². The van der Waals surface area contributed by atoms with Crippen molar-refractivity contribution in [3.8, 4) is 0 Å². The SMILES string of the molecule is CC(NCC1CC1C)c1cccc(S(N)(=O)=O)c1. The Bertz CT molecular complexity index is 528. The third-order valence-corrected chi connectivity index (χ3v) is 4.56. The highest BCUT2D eigenvalue weighted by atomic mass is 32.2. The predicted molar refractivity (Wildman–Crippen MR) is 71.5 cm³/mol. The van der Waals surface area contributed by atoms with E-state index in [2.05, 4.69) is 12.2 Å². The predicted octanol–water partition coefficient (Wildman–Crippen LogP) is 1.64. The zero-order valence-corrected chi connectivity index (χ0v) is 11.6. The normalized spacial score (nSPS) is 24.8. The maximum Gasteiger partial charge on any atom is 0.238 e. The van der Waals surface area contributed by atoms with Crippen LogP contribution in [0.2, 0.25) is 0 Å². The lowest BCUT2D eigenvalue weighted by Crippen LogP contribution is -2.22. The molecule has 0 amide bonds. The molecular weight excluding hydrogens is 248 g/mol. The number of sulfonamides is 1. The average Bonchev–Trinajstić information content (AvgIpc) is 3.01. The lowest BCUT2D eigenvalue weighted by atomic mass is 10.1. The van der Waals surface area contributed by atoms with Gasteiger partial charge in [0.15, 0.2) is 0 Å². The summed E-state index contributed by atoms with van der Waals surface area (Å²) in [7, 11) is -3.61. The van der Waals surface area contributed by atoms with Crippen molar-refractivity contribution in [2.75, 3.05) is 6.54 Å². The largest absolute Gasteiger partial charge is 0.310 e. The third-order valence-electron chi connectivity index (χ3n) is 3.65. The Morgan fingerprint density at radius 3 is 2.72 bits per heavy atom. The average molecular weight is 268 g/mol. The highest BCUT2D eigenvalue weighted by Crippen LogP contribution is 2.37. The molecule has 0 radical (unpaired) electrons. The van der Waals surface area contributed by atoms with Crippen LogP contribution in [0, 0.1) is 11.8 Å². The van der Waals surface area contributed by atoms with Gasteiger partial charge in [-0.15, -0.1) is 0 Å². The van der Waals surface area contributed by atoms with Crippen molar-refractivity contribution >= 4 is 10.0 Å². The summed E-state index contributed by atoms with van der Waals surface area (Å²) in [6, 6.07) is 6.95. The minimum absolute atomic E-state index is 0.138. The lowest BCUT2D eigenvalue weighted by Gasteiger charge is -2.14. The summed E-state index contributed by atoms with van der Waals surface area (Å²) in [5, 5.41) is 8.56. The van der Waals surface area contributed by atoms with Gasteiger partial charge < -0.3 is 5.32 Å². The molecule has 0 aromatic heterocycles. The van der Waals surface area contributed by atoms with Crippen LogP contribution in [-0.4, -0.2) is 15.0 Å². The zero-order chi connectivity index (χ0) is 13.3. The van der Waals surface area contributed by atoms with E-state index in [-0.39, 0.29) is 10.9 Å². The summed E-state index contributed by atoms with van der Waals surface area (Å²) in [4.78, 5) is 0.174. The fraction of sp³-hybridized carbons (Fsp3) is 0.538. The number of hydrogen-bond donors (Lipinski definition) is 2. The molecule has 1 aromatic carbocycles. The minimum Gasteiger partial charge on any atom is -0.310 e. The Morgan fingerprint density at radius 2 is 2.17 bits per heavy atom.